The van der Waals surface area contributed by atoms with Gasteiger partial charge in [0.1, 0.15) is 0 Å². The zero-order chi connectivity index (χ0) is 8.48. The molecule has 0 aromatic heterocycles. The minimum absolute atomic E-state index is 0. The molecule has 0 radical (unpaired) electrons. The molecule has 1 aliphatic heterocycles. The number of rotatable bonds is 2. The van der Waals surface area contributed by atoms with Crippen LogP contribution in [0.2, 0.25) is 0 Å². The fourth-order valence-electron chi connectivity index (χ4n) is 1.29. The number of hydrogen-bond acceptors (Lipinski definition) is 3. The first kappa shape index (κ1) is 12.2. The van der Waals surface area contributed by atoms with Crippen LogP contribution in [-0.4, -0.2) is 38.6 Å². The molecule has 1 aliphatic rings. The molecule has 0 aliphatic carbocycles. The Morgan fingerprint density at radius 3 is 2.42 bits per heavy atom. The highest BCUT2D eigenvalue weighted by molar-refractivity contribution is 7.88. The van der Waals surface area contributed by atoms with E-state index in [2.05, 4.69) is 0 Å². The summed E-state index contributed by atoms with van der Waals surface area (Å²) in [5.41, 5.74) is 5.42. The van der Waals surface area contributed by atoms with E-state index in [1.807, 2.05) is 0 Å². The molecule has 1 atom stereocenters. The number of nitrogens with two attached hydrogens (primary N) is 1. The van der Waals surface area contributed by atoms with Crippen LogP contribution in [0.3, 0.4) is 0 Å². The maximum absolute atomic E-state index is 11.0. The molecular weight excluding hydrogens is 200 g/mol. The van der Waals surface area contributed by atoms with E-state index < -0.39 is 10.0 Å². The highest BCUT2D eigenvalue weighted by Gasteiger charge is 2.27. The van der Waals surface area contributed by atoms with Gasteiger partial charge in [0.2, 0.25) is 10.0 Å². The van der Waals surface area contributed by atoms with E-state index in [0.717, 1.165) is 6.42 Å². The Labute approximate surface area is 79.6 Å². The van der Waals surface area contributed by atoms with Crippen molar-refractivity contribution in [2.75, 3.05) is 25.9 Å². The van der Waals surface area contributed by atoms with Gasteiger partial charge in [-0.25, -0.2) is 12.7 Å². The van der Waals surface area contributed by atoms with Gasteiger partial charge in [0.15, 0.2) is 0 Å². The molecule has 1 heterocycles. The molecule has 0 aromatic rings. The SMILES string of the molecule is CS(=O)(=O)N1CCC(CN)C1.Cl. The van der Waals surface area contributed by atoms with Crippen molar-refractivity contribution in [1.82, 2.24) is 4.31 Å². The van der Waals surface area contributed by atoms with E-state index >= 15 is 0 Å². The van der Waals surface area contributed by atoms with E-state index in [0.29, 0.717) is 25.6 Å². The predicted molar refractivity (Wildman–Crippen MR) is 50.8 cm³/mol. The zero-order valence-electron chi connectivity index (χ0n) is 7.06. The van der Waals surface area contributed by atoms with Crippen molar-refractivity contribution in [3.63, 3.8) is 0 Å². The number of nitrogens with zero attached hydrogens (tertiary/aromatic N) is 1. The summed E-state index contributed by atoms with van der Waals surface area (Å²) in [6.45, 7) is 1.84. The van der Waals surface area contributed by atoms with E-state index in [-0.39, 0.29) is 12.4 Å². The second-order valence-corrected chi connectivity index (χ2v) is 4.99. The van der Waals surface area contributed by atoms with Crippen molar-refractivity contribution in [2.45, 2.75) is 6.42 Å². The van der Waals surface area contributed by atoms with Crippen LogP contribution >= 0.6 is 12.4 Å². The molecule has 0 bridgehead atoms. The molecule has 0 spiro atoms. The van der Waals surface area contributed by atoms with E-state index in [4.69, 9.17) is 5.73 Å². The zero-order valence-corrected chi connectivity index (χ0v) is 8.70. The summed E-state index contributed by atoms with van der Waals surface area (Å²) in [5.74, 6) is 0.365. The fourth-order valence-corrected chi connectivity index (χ4v) is 2.21. The summed E-state index contributed by atoms with van der Waals surface area (Å²) in [6.07, 6.45) is 2.15. The number of sulfonamides is 1. The molecule has 0 saturated carbocycles. The van der Waals surface area contributed by atoms with Crippen LogP contribution in [0.25, 0.3) is 0 Å². The Morgan fingerprint density at radius 1 is 1.58 bits per heavy atom. The second-order valence-electron chi connectivity index (χ2n) is 3.01. The largest absolute Gasteiger partial charge is 0.330 e. The van der Waals surface area contributed by atoms with Gasteiger partial charge in [0, 0.05) is 13.1 Å². The van der Waals surface area contributed by atoms with Gasteiger partial charge in [0.25, 0.3) is 0 Å². The second kappa shape index (κ2) is 4.41. The van der Waals surface area contributed by atoms with Gasteiger partial charge in [-0.05, 0) is 18.9 Å². The standard InChI is InChI=1S/C6H14N2O2S.ClH/c1-11(9,10)8-3-2-6(4-7)5-8;/h6H,2-5,7H2,1H3;1H. The molecule has 74 valence electrons. The van der Waals surface area contributed by atoms with Gasteiger partial charge >= 0.3 is 0 Å². The lowest BCUT2D eigenvalue weighted by Gasteiger charge is -2.11. The predicted octanol–water partition coefficient (Wildman–Crippen LogP) is -0.352. The monoisotopic (exact) mass is 214 g/mol. The lowest BCUT2D eigenvalue weighted by Crippen LogP contribution is -2.28. The highest BCUT2D eigenvalue weighted by Crippen LogP contribution is 2.16. The lowest BCUT2D eigenvalue weighted by atomic mass is 10.1. The third-order valence-electron chi connectivity index (χ3n) is 2.05. The maximum atomic E-state index is 11.0. The molecule has 2 N–H and O–H groups in total. The van der Waals surface area contributed by atoms with Crippen molar-refractivity contribution in [3.05, 3.63) is 0 Å². The Hall–Kier alpha value is 0.160. The van der Waals surface area contributed by atoms with Crippen LogP contribution in [0.1, 0.15) is 6.42 Å². The third-order valence-corrected chi connectivity index (χ3v) is 3.32. The first-order valence-electron chi connectivity index (χ1n) is 3.69. The summed E-state index contributed by atoms with van der Waals surface area (Å²) in [4.78, 5) is 0. The summed E-state index contributed by atoms with van der Waals surface area (Å²) >= 11 is 0. The number of hydrogen-bond donors (Lipinski definition) is 1. The van der Waals surface area contributed by atoms with Crippen LogP contribution in [0.15, 0.2) is 0 Å². The van der Waals surface area contributed by atoms with Crippen molar-refractivity contribution in [1.29, 1.82) is 0 Å². The summed E-state index contributed by atoms with van der Waals surface area (Å²) in [5, 5.41) is 0. The van der Waals surface area contributed by atoms with Crippen molar-refractivity contribution in [2.24, 2.45) is 11.7 Å². The van der Waals surface area contributed by atoms with Gasteiger partial charge in [-0.3, -0.25) is 0 Å². The molecule has 0 amide bonds. The molecule has 0 aromatic carbocycles. The smallest absolute Gasteiger partial charge is 0.211 e. The van der Waals surface area contributed by atoms with Crippen LogP contribution in [-0.2, 0) is 10.0 Å². The van der Waals surface area contributed by atoms with Gasteiger partial charge in [-0.15, -0.1) is 12.4 Å². The van der Waals surface area contributed by atoms with Gasteiger partial charge < -0.3 is 5.73 Å². The van der Waals surface area contributed by atoms with Crippen LogP contribution in [0.5, 0.6) is 0 Å². The van der Waals surface area contributed by atoms with Crippen LogP contribution in [0.4, 0.5) is 0 Å². The van der Waals surface area contributed by atoms with Crippen molar-refractivity contribution < 1.29 is 8.42 Å². The van der Waals surface area contributed by atoms with Gasteiger partial charge in [-0.1, -0.05) is 0 Å². The summed E-state index contributed by atoms with van der Waals surface area (Å²) in [6, 6.07) is 0. The fraction of sp³-hybridized carbons (Fsp3) is 1.00. The molecule has 4 nitrogen and oxygen atoms in total. The van der Waals surface area contributed by atoms with E-state index in [1.165, 1.54) is 10.6 Å². The third kappa shape index (κ3) is 2.90. The van der Waals surface area contributed by atoms with Gasteiger partial charge in [-0.2, -0.15) is 0 Å². The van der Waals surface area contributed by atoms with Crippen LogP contribution < -0.4 is 5.73 Å². The molecular formula is C6H15ClN2O2S. The average molecular weight is 215 g/mol. The molecule has 6 heteroatoms. The first-order chi connectivity index (χ1) is 5.04. The minimum atomic E-state index is -2.97. The molecule has 1 rings (SSSR count). The summed E-state index contributed by atoms with van der Waals surface area (Å²) in [7, 11) is -2.97. The van der Waals surface area contributed by atoms with Crippen molar-refractivity contribution >= 4 is 22.4 Å². The Kier molecular flexibility index (Phi) is 4.47. The molecule has 12 heavy (non-hydrogen) atoms. The first-order valence-corrected chi connectivity index (χ1v) is 5.54. The van der Waals surface area contributed by atoms with E-state index in [1.54, 1.807) is 0 Å². The molecule has 1 saturated heterocycles. The number of halogens is 1. The Morgan fingerprint density at radius 2 is 2.17 bits per heavy atom. The molecule has 1 fully saturated rings. The van der Waals surface area contributed by atoms with E-state index in [9.17, 15) is 8.42 Å². The Bertz CT molecular complexity index is 230. The topological polar surface area (TPSA) is 63.4 Å². The van der Waals surface area contributed by atoms with Crippen LogP contribution in [0, 0.1) is 5.92 Å². The quantitative estimate of drug-likeness (QED) is 0.684. The van der Waals surface area contributed by atoms with Gasteiger partial charge in [0.05, 0.1) is 6.26 Å². The molecule has 1 unspecified atom stereocenters. The lowest BCUT2D eigenvalue weighted by molar-refractivity contribution is 0.464. The maximum Gasteiger partial charge on any atom is 0.211 e. The normalized spacial score (nSPS) is 25.3. The minimum Gasteiger partial charge on any atom is -0.330 e. The average Bonchev–Trinajstić information content (AvgIpc) is 2.32. The summed E-state index contributed by atoms with van der Waals surface area (Å²) < 4.78 is 23.5. The highest BCUT2D eigenvalue weighted by atomic mass is 35.5. The van der Waals surface area contributed by atoms with Crippen molar-refractivity contribution in [3.8, 4) is 0 Å². The Balaban J connectivity index is 0.00000121.